The largest absolute Gasteiger partial charge is 0.481 e. The van der Waals surface area contributed by atoms with E-state index >= 15 is 0 Å². The standard InChI is InChI=1S/C18H17NO2S/c1-2-18(17(20)21,13-8-4-3-5-9-13)12-16-19-14-10-6-7-11-15(14)22-16/h3-11H,2,12H2,1H3,(H,20,21). The lowest BCUT2D eigenvalue weighted by Gasteiger charge is -2.27. The van der Waals surface area contributed by atoms with Crippen LogP contribution in [0.5, 0.6) is 0 Å². The van der Waals surface area contributed by atoms with Gasteiger partial charge in [-0.2, -0.15) is 0 Å². The van der Waals surface area contributed by atoms with Crippen LogP contribution in [0.2, 0.25) is 0 Å². The fraction of sp³-hybridized carbons (Fsp3) is 0.222. The zero-order chi connectivity index (χ0) is 15.6. The van der Waals surface area contributed by atoms with Crippen molar-refractivity contribution in [3.05, 3.63) is 65.2 Å². The van der Waals surface area contributed by atoms with E-state index in [1.165, 1.54) is 0 Å². The summed E-state index contributed by atoms with van der Waals surface area (Å²) < 4.78 is 1.10. The van der Waals surface area contributed by atoms with Crippen LogP contribution in [0.4, 0.5) is 0 Å². The molecule has 22 heavy (non-hydrogen) atoms. The van der Waals surface area contributed by atoms with E-state index in [1.54, 1.807) is 11.3 Å². The van der Waals surface area contributed by atoms with Gasteiger partial charge in [0.05, 0.1) is 20.6 Å². The maximum absolute atomic E-state index is 12.0. The van der Waals surface area contributed by atoms with E-state index in [-0.39, 0.29) is 0 Å². The van der Waals surface area contributed by atoms with Gasteiger partial charge < -0.3 is 5.11 Å². The highest BCUT2D eigenvalue weighted by Crippen LogP contribution is 2.35. The number of hydrogen-bond acceptors (Lipinski definition) is 3. The van der Waals surface area contributed by atoms with Gasteiger partial charge >= 0.3 is 5.97 Å². The van der Waals surface area contributed by atoms with Crippen molar-refractivity contribution in [3.63, 3.8) is 0 Å². The third kappa shape index (κ3) is 2.50. The molecular weight excluding hydrogens is 294 g/mol. The number of fused-ring (bicyclic) bond motifs is 1. The van der Waals surface area contributed by atoms with Crippen molar-refractivity contribution in [3.8, 4) is 0 Å². The van der Waals surface area contributed by atoms with Gasteiger partial charge in [0.15, 0.2) is 0 Å². The van der Waals surface area contributed by atoms with Crippen LogP contribution in [0.1, 0.15) is 23.9 Å². The Morgan fingerprint density at radius 2 is 1.82 bits per heavy atom. The Labute approximate surface area is 133 Å². The predicted molar refractivity (Wildman–Crippen MR) is 89.4 cm³/mol. The van der Waals surface area contributed by atoms with Crippen molar-refractivity contribution in [2.24, 2.45) is 0 Å². The average molecular weight is 311 g/mol. The molecule has 0 bridgehead atoms. The molecule has 3 aromatic rings. The molecule has 1 unspecified atom stereocenters. The van der Waals surface area contributed by atoms with Gasteiger partial charge in [0, 0.05) is 6.42 Å². The number of aliphatic carboxylic acids is 1. The zero-order valence-electron chi connectivity index (χ0n) is 12.3. The second-order valence-corrected chi connectivity index (χ2v) is 6.47. The number of nitrogens with zero attached hydrogens (tertiary/aromatic N) is 1. The Morgan fingerprint density at radius 3 is 2.45 bits per heavy atom. The molecule has 0 fully saturated rings. The smallest absolute Gasteiger partial charge is 0.314 e. The number of hydrogen-bond donors (Lipinski definition) is 1. The number of carboxylic acids is 1. The second kappa shape index (κ2) is 5.89. The maximum Gasteiger partial charge on any atom is 0.314 e. The van der Waals surface area contributed by atoms with Crippen molar-refractivity contribution in [2.75, 3.05) is 0 Å². The number of rotatable bonds is 5. The summed E-state index contributed by atoms with van der Waals surface area (Å²) in [5.74, 6) is -0.791. The van der Waals surface area contributed by atoms with Crippen LogP contribution in [0.25, 0.3) is 10.2 Å². The molecule has 1 N–H and O–H groups in total. The molecule has 2 aromatic carbocycles. The van der Waals surface area contributed by atoms with Crippen LogP contribution in [-0.2, 0) is 16.6 Å². The Morgan fingerprint density at radius 1 is 1.14 bits per heavy atom. The molecule has 0 saturated carbocycles. The molecule has 0 spiro atoms. The lowest BCUT2D eigenvalue weighted by atomic mass is 9.75. The second-order valence-electron chi connectivity index (χ2n) is 5.36. The van der Waals surface area contributed by atoms with Gasteiger partial charge in [-0.1, -0.05) is 49.4 Å². The topological polar surface area (TPSA) is 50.2 Å². The van der Waals surface area contributed by atoms with Crippen molar-refractivity contribution in [2.45, 2.75) is 25.2 Å². The highest BCUT2D eigenvalue weighted by molar-refractivity contribution is 7.18. The lowest BCUT2D eigenvalue weighted by molar-refractivity contribution is -0.144. The summed E-state index contributed by atoms with van der Waals surface area (Å²) in [6.07, 6.45) is 0.949. The van der Waals surface area contributed by atoms with Crippen molar-refractivity contribution >= 4 is 27.5 Å². The van der Waals surface area contributed by atoms with Crippen LogP contribution in [0.15, 0.2) is 54.6 Å². The fourth-order valence-corrected chi connectivity index (χ4v) is 3.87. The van der Waals surface area contributed by atoms with Crippen LogP contribution < -0.4 is 0 Å². The molecule has 0 aliphatic rings. The molecular formula is C18H17NO2S. The molecule has 112 valence electrons. The Bertz CT molecular complexity index is 764. The van der Waals surface area contributed by atoms with E-state index in [9.17, 15) is 9.90 Å². The Balaban J connectivity index is 2.05. The van der Waals surface area contributed by atoms with E-state index in [1.807, 2.05) is 61.5 Å². The molecule has 0 amide bonds. The van der Waals surface area contributed by atoms with E-state index in [2.05, 4.69) is 4.98 Å². The van der Waals surface area contributed by atoms with Gasteiger partial charge in [0.2, 0.25) is 0 Å². The van der Waals surface area contributed by atoms with E-state index in [0.717, 1.165) is 20.8 Å². The molecule has 0 aliphatic heterocycles. The number of benzene rings is 2. The maximum atomic E-state index is 12.0. The molecule has 1 aromatic heterocycles. The number of carbonyl (C=O) groups is 1. The molecule has 1 atom stereocenters. The summed E-state index contributed by atoms with van der Waals surface area (Å²) in [5.41, 5.74) is 0.852. The molecule has 3 nitrogen and oxygen atoms in total. The molecule has 1 heterocycles. The monoisotopic (exact) mass is 311 g/mol. The summed E-state index contributed by atoms with van der Waals surface area (Å²) in [6, 6.07) is 17.4. The third-order valence-electron chi connectivity index (χ3n) is 4.13. The summed E-state index contributed by atoms with van der Waals surface area (Å²) in [6.45, 7) is 1.93. The first-order valence-electron chi connectivity index (χ1n) is 7.29. The van der Waals surface area contributed by atoms with Gasteiger partial charge in [-0.05, 0) is 24.1 Å². The number of para-hydroxylation sites is 1. The summed E-state index contributed by atoms with van der Waals surface area (Å²) in [7, 11) is 0. The van der Waals surface area contributed by atoms with Gasteiger partial charge in [-0.25, -0.2) is 4.98 Å². The normalized spacial score (nSPS) is 13.9. The van der Waals surface area contributed by atoms with Gasteiger partial charge in [0.25, 0.3) is 0 Å². The van der Waals surface area contributed by atoms with Gasteiger partial charge in [0.1, 0.15) is 0 Å². The van der Waals surface area contributed by atoms with Crippen LogP contribution in [0.3, 0.4) is 0 Å². The molecule has 3 rings (SSSR count). The molecule has 4 heteroatoms. The highest BCUT2D eigenvalue weighted by Gasteiger charge is 2.39. The first kappa shape index (κ1) is 14.7. The average Bonchev–Trinajstić information content (AvgIpc) is 2.95. The molecule has 0 aliphatic carbocycles. The van der Waals surface area contributed by atoms with Crippen molar-refractivity contribution in [1.82, 2.24) is 4.98 Å². The van der Waals surface area contributed by atoms with Crippen LogP contribution in [-0.4, -0.2) is 16.1 Å². The Hall–Kier alpha value is -2.20. The first-order valence-corrected chi connectivity index (χ1v) is 8.11. The van der Waals surface area contributed by atoms with E-state index < -0.39 is 11.4 Å². The summed E-state index contributed by atoms with van der Waals surface area (Å²) >= 11 is 1.58. The quantitative estimate of drug-likeness (QED) is 0.765. The molecule has 0 saturated heterocycles. The predicted octanol–water partition coefficient (Wildman–Crippen LogP) is 4.27. The van der Waals surface area contributed by atoms with Crippen molar-refractivity contribution < 1.29 is 9.90 Å². The summed E-state index contributed by atoms with van der Waals surface area (Å²) in [5, 5.41) is 10.8. The fourth-order valence-electron chi connectivity index (χ4n) is 2.79. The zero-order valence-corrected chi connectivity index (χ0v) is 13.1. The first-order chi connectivity index (χ1) is 10.7. The lowest BCUT2D eigenvalue weighted by Crippen LogP contribution is -2.37. The minimum Gasteiger partial charge on any atom is -0.481 e. The summed E-state index contributed by atoms with van der Waals surface area (Å²) in [4.78, 5) is 16.7. The molecule has 0 radical (unpaired) electrons. The van der Waals surface area contributed by atoms with E-state index in [4.69, 9.17) is 0 Å². The van der Waals surface area contributed by atoms with Crippen LogP contribution in [0, 0.1) is 0 Å². The number of carboxylic acid groups (broad SMARTS) is 1. The minimum atomic E-state index is -0.921. The van der Waals surface area contributed by atoms with Gasteiger partial charge in [-0.3, -0.25) is 4.79 Å². The number of aromatic nitrogens is 1. The van der Waals surface area contributed by atoms with Crippen LogP contribution >= 0.6 is 11.3 Å². The highest BCUT2D eigenvalue weighted by atomic mass is 32.1. The third-order valence-corrected chi connectivity index (χ3v) is 5.17. The SMILES string of the molecule is CCC(Cc1nc2ccccc2s1)(C(=O)O)c1ccccc1. The van der Waals surface area contributed by atoms with Crippen molar-refractivity contribution in [1.29, 1.82) is 0 Å². The minimum absolute atomic E-state index is 0.419. The van der Waals surface area contributed by atoms with Gasteiger partial charge in [-0.15, -0.1) is 11.3 Å². The Kier molecular flexibility index (Phi) is 3.94. The number of thiazole rings is 1. The van der Waals surface area contributed by atoms with E-state index in [0.29, 0.717) is 12.8 Å².